The number of hydrogen-bond donors (Lipinski definition) is 1. The largest absolute Gasteiger partial charge is 0.465 e. The molecule has 0 radical (unpaired) electrons. The summed E-state index contributed by atoms with van der Waals surface area (Å²) in [6.07, 6.45) is 3.00. The Morgan fingerprint density at radius 1 is 1.32 bits per heavy atom. The third kappa shape index (κ3) is 3.59. The van der Waals surface area contributed by atoms with E-state index in [9.17, 15) is 19.7 Å². The Bertz CT molecular complexity index is 890. The molecule has 1 aromatic heterocycles. The highest BCUT2D eigenvalue weighted by atomic mass is 32.2. The number of carbonyl (C=O) groups is 2. The molecule has 2 aromatic rings. The Morgan fingerprint density at radius 3 is 2.64 bits per heavy atom. The maximum atomic E-state index is 12.4. The van der Waals surface area contributed by atoms with Gasteiger partial charge in [0.05, 0.1) is 16.1 Å². The van der Waals surface area contributed by atoms with Gasteiger partial charge in [-0.15, -0.1) is 0 Å². The predicted octanol–water partition coefficient (Wildman–Crippen LogP) is 2.73. The Labute approximate surface area is 150 Å². The molecule has 1 aliphatic heterocycles. The van der Waals surface area contributed by atoms with Gasteiger partial charge >= 0.3 is 0 Å². The quantitative estimate of drug-likeness (QED) is 0.379. The fraction of sp³-hybridized carbons (Fsp3) is 0. The number of furan rings is 1. The van der Waals surface area contributed by atoms with Gasteiger partial charge in [-0.1, -0.05) is 11.8 Å². The second-order valence-corrected chi connectivity index (χ2v) is 6.45. The summed E-state index contributed by atoms with van der Waals surface area (Å²) in [7, 11) is 0. The van der Waals surface area contributed by atoms with Crippen LogP contribution in [0, 0.1) is 10.1 Å². The van der Waals surface area contributed by atoms with Crippen molar-refractivity contribution in [2.24, 2.45) is 0 Å². The van der Waals surface area contributed by atoms with E-state index in [2.05, 4.69) is 5.43 Å². The molecule has 0 bridgehead atoms. The Balaban J connectivity index is 1.73. The van der Waals surface area contributed by atoms with Gasteiger partial charge in [-0.3, -0.25) is 25.1 Å². The standard InChI is InChI=1S/C15H9N3O5S2/c19-13(9-3-5-10(6-4-9)18(21)22)16-17-14(20)12(25-15(17)24)8-11-2-1-7-23-11/h1-8H,(H,16,19). The van der Waals surface area contributed by atoms with Crippen LogP contribution in [0.5, 0.6) is 0 Å². The highest BCUT2D eigenvalue weighted by molar-refractivity contribution is 8.26. The van der Waals surface area contributed by atoms with Crippen molar-refractivity contribution < 1.29 is 18.9 Å². The van der Waals surface area contributed by atoms with Gasteiger partial charge in [0.25, 0.3) is 17.5 Å². The molecule has 0 saturated carbocycles. The number of nitrogens with zero attached hydrogens (tertiary/aromatic N) is 2. The molecule has 25 heavy (non-hydrogen) atoms. The lowest BCUT2D eigenvalue weighted by atomic mass is 10.2. The highest BCUT2D eigenvalue weighted by Crippen LogP contribution is 2.31. The lowest BCUT2D eigenvalue weighted by molar-refractivity contribution is -0.384. The van der Waals surface area contributed by atoms with E-state index in [-0.39, 0.29) is 15.6 Å². The molecule has 1 N–H and O–H groups in total. The van der Waals surface area contributed by atoms with Crippen molar-refractivity contribution in [1.82, 2.24) is 10.4 Å². The van der Waals surface area contributed by atoms with Gasteiger partial charge < -0.3 is 4.42 Å². The van der Waals surface area contributed by atoms with E-state index in [4.69, 9.17) is 16.6 Å². The summed E-state index contributed by atoms with van der Waals surface area (Å²) < 4.78 is 5.31. The van der Waals surface area contributed by atoms with Crippen LogP contribution in [0.3, 0.4) is 0 Å². The molecule has 2 amide bonds. The van der Waals surface area contributed by atoms with Crippen molar-refractivity contribution in [1.29, 1.82) is 0 Å². The van der Waals surface area contributed by atoms with E-state index in [0.717, 1.165) is 16.8 Å². The van der Waals surface area contributed by atoms with Crippen molar-refractivity contribution in [3.63, 3.8) is 0 Å². The molecule has 0 aliphatic carbocycles. The lowest BCUT2D eigenvalue weighted by Gasteiger charge is -2.15. The highest BCUT2D eigenvalue weighted by Gasteiger charge is 2.34. The van der Waals surface area contributed by atoms with Crippen LogP contribution < -0.4 is 5.43 Å². The molecule has 1 aliphatic rings. The lowest BCUT2D eigenvalue weighted by Crippen LogP contribution is -2.44. The Morgan fingerprint density at radius 2 is 2.04 bits per heavy atom. The van der Waals surface area contributed by atoms with E-state index >= 15 is 0 Å². The van der Waals surface area contributed by atoms with Gasteiger partial charge in [0.1, 0.15) is 5.76 Å². The average Bonchev–Trinajstić information content (AvgIpc) is 3.19. The van der Waals surface area contributed by atoms with Gasteiger partial charge in [0.2, 0.25) is 0 Å². The molecule has 10 heteroatoms. The number of nitrogens with one attached hydrogen (secondary N) is 1. The first-order chi connectivity index (χ1) is 12.0. The van der Waals surface area contributed by atoms with Crippen LogP contribution in [0.1, 0.15) is 16.1 Å². The number of hydrazine groups is 1. The number of nitro benzene ring substituents is 1. The number of rotatable bonds is 4. The molecule has 1 saturated heterocycles. The van der Waals surface area contributed by atoms with E-state index in [0.29, 0.717) is 10.7 Å². The number of thiocarbonyl (C=S) groups is 1. The van der Waals surface area contributed by atoms with E-state index in [1.165, 1.54) is 36.6 Å². The summed E-state index contributed by atoms with van der Waals surface area (Å²) in [6.45, 7) is 0. The van der Waals surface area contributed by atoms with Gasteiger partial charge in [-0.2, -0.15) is 5.01 Å². The first-order valence-corrected chi connectivity index (χ1v) is 8.05. The van der Waals surface area contributed by atoms with E-state index in [1.807, 2.05) is 0 Å². The molecular weight excluding hydrogens is 366 g/mol. The fourth-order valence-electron chi connectivity index (χ4n) is 1.97. The van der Waals surface area contributed by atoms with Gasteiger partial charge in [0, 0.05) is 23.8 Å². The maximum absolute atomic E-state index is 12.4. The van der Waals surface area contributed by atoms with E-state index < -0.39 is 16.7 Å². The number of nitro groups is 1. The summed E-state index contributed by atoms with van der Waals surface area (Å²) in [5, 5.41) is 11.6. The van der Waals surface area contributed by atoms with Crippen molar-refractivity contribution in [3.8, 4) is 0 Å². The zero-order chi connectivity index (χ0) is 18.0. The molecule has 0 spiro atoms. The predicted molar refractivity (Wildman–Crippen MR) is 94.3 cm³/mol. The summed E-state index contributed by atoms with van der Waals surface area (Å²) in [4.78, 5) is 34.9. The van der Waals surface area contributed by atoms with Gasteiger partial charge in [0.15, 0.2) is 4.32 Å². The van der Waals surface area contributed by atoms with Crippen LogP contribution >= 0.6 is 24.0 Å². The third-order valence-electron chi connectivity index (χ3n) is 3.16. The first kappa shape index (κ1) is 16.9. The summed E-state index contributed by atoms with van der Waals surface area (Å²) in [5.41, 5.74) is 2.42. The minimum atomic E-state index is -0.606. The minimum Gasteiger partial charge on any atom is -0.465 e. The zero-order valence-corrected chi connectivity index (χ0v) is 14.0. The van der Waals surface area contributed by atoms with Crippen LogP contribution in [-0.4, -0.2) is 26.1 Å². The van der Waals surface area contributed by atoms with Crippen molar-refractivity contribution in [2.75, 3.05) is 0 Å². The smallest absolute Gasteiger partial charge is 0.285 e. The molecule has 3 rings (SSSR count). The molecule has 2 heterocycles. The second-order valence-electron chi connectivity index (χ2n) is 4.78. The van der Waals surface area contributed by atoms with Crippen molar-refractivity contribution in [3.05, 3.63) is 69.0 Å². The summed E-state index contributed by atoms with van der Waals surface area (Å²) in [5.74, 6) is -0.602. The molecule has 8 nitrogen and oxygen atoms in total. The molecule has 1 aromatic carbocycles. The Hall–Kier alpha value is -2.98. The van der Waals surface area contributed by atoms with Crippen molar-refractivity contribution >= 4 is 51.9 Å². The minimum absolute atomic E-state index is 0.136. The average molecular weight is 375 g/mol. The maximum Gasteiger partial charge on any atom is 0.285 e. The number of carbonyl (C=O) groups excluding carboxylic acids is 2. The molecular formula is C15H9N3O5S2. The Kier molecular flexibility index (Phi) is 4.63. The van der Waals surface area contributed by atoms with Crippen LogP contribution in [0.2, 0.25) is 0 Å². The van der Waals surface area contributed by atoms with Gasteiger partial charge in [-0.05, 0) is 36.5 Å². The van der Waals surface area contributed by atoms with E-state index in [1.54, 1.807) is 12.1 Å². The van der Waals surface area contributed by atoms with Crippen molar-refractivity contribution in [2.45, 2.75) is 0 Å². The molecule has 1 fully saturated rings. The van der Waals surface area contributed by atoms with Gasteiger partial charge in [-0.25, -0.2) is 0 Å². The first-order valence-electron chi connectivity index (χ1n) is 6.82. The number of hydrogen-bond acceptors (Lipinski definition) is 7. The second kappa shape index (κ2) is 6.87. The third-order valence-corrected chi connectivity index (χ3v) is 4.47. The molecule has 126 valence electrons. The summed E-state index contributed by atoms with van der Waals surface area (Å²) in [6, 6.07) is 8.37. The van der Waals surface area contributed by atoms with Crippen LogP contribution in [-0.2, 0) is 4.79 Å². The number of benzene rings is 1. The summed E-state index contributed by atoms with van der Waals surface area (Å²) >= 11 is 6.13. The van der Waals surface area contributed by atoms with Crippen LogP contribution in [0.4, 0.5) is 5.69 Å². The van der Waals surface area contributed by atoms with Crippen LogP contribution in [0.15, 0.2) is 52.0 Å². The molecule has 0 atom stereocenters. The normalized spacial score (nSPS) is 15.7. The number of amides is 2. The fourth-order valence-corrected chi connectivity index (χ4v) is 3.13. The SMILES string of the molecule is O=C(NN1C(=O)C(=Cc2ccco2)SC1=S)c1ccc([N+](=O)[O-])cc1. The van der Waals surface area contributed by atoms with Crippen LogP contribution in [0.25, 0.3) is 6.08 Å². The molecule has 0 unspecified atom stereocenters. The monoisotopic (exact) mass is 375 g/mol. The topological polar surface area (TPSA) is 106 Å². The number of non-ortho nitro benzene ring substituents is 1. The zero-order valence-electron chi connectivity index (χ0n) is 12.4. The number of thioether (sulfide) groups is 1.